The molecule has 0 bridgehead atoms. The second kappa shape index (κ2) is 6.44. The highest BCUT2D eigenvalue weighted by Gasteiger charge is 2.12. The summed E-state index contributed by atoms with van der Waals surface area (Å²) < 4.78 is 19.1. The zero-order valence-electron chi connectivity index (χ0n) is 14.0. The fraction of sp³-hybridized carbons (Fsp3) is 0.0476. The molecular formula is C21H15FN2O2. The number of hydrogen-bond donors (Lipinski definition) is 1. The van der Waals surface area contributed by atoms with Gasteiger partial charge in [0.25, 0.3) is 5.91 Å². The number of nitrogens with zero attached hydrogens (tertiary/aromatic N) is 1. The number of fused-ring (bicyclic) bond motifs is 1. The van der Waals surface area contributed by atoms with Crippen molar-refractivity contribution in [1.82, 2.24) is 4.98 Å². The number of halogens is 1. The number of rotatable bonds is 3. The summed E-state index contributed by atoms with van der Waals surface area (Å²) in [6, 6.07) is 18.6. The first kappa shape index (κ1) is 16.0. The van der Waals surface area contributed by atoms with E-state index in [4.69, 9.17) is 4.42 Å². The minimum Gasteiger partial charge on any atom is -0.436 e. The molecule has 0 spiro atoms. The molecule has 0 aliphatic carbocycles. The van der Waals surface area contributed by atoms with E-state index >= 15 is 0 Å². The Balaban J connectivity index is 1.64. The van der Waals surface area contributed by atoms with E-state index in [1.165, 1.54) is 18.2 Å². The van der Waals surface area contributed by atoms with Crippen LogP contribution in [0.25, 0.3) is 22.6 Å². The van der Waals surface area contributed by atoms with Gasteiger partial charge in [-0.15, -0.1) is 0 Å². The van der Waals surface area contributed by atoms with Crippen molar-refractivity contribution in [3.05, 3.63) is 83.7 Å². The number of carbonyl (C=O) groups is 1. The van der Waals surface area contributed by atoms with Crippen molar-refractivity contribution in [1.29, 1.82) is 0 Å². The summed E-state index contributed by atoms with van der Waals surface area (Å²) in [5.41, 5.74) is 4.09. The minimum absolute atomic E-state index is 0.255. The van der Waals surface area contributed by atoms with Crippen LogP contribution in [0.4, 0.5) is 10.1 Å². The van der Waals surface area contributed by atoms with Crippen molar-refractivity contribution in [2.24, 2.45) is 0 Å². The lowest BCUT2D eigenvalue weighted by atomic mass is 10.1. The standard InChI is InChI=1S/C21H15FN2O2/c1-13-5-2-3-8-17(13)21-24-18-12-16(9-10-19(18)26-21)23-20(25)14-6-4-7-15(22)11-14/h2-12H,1H3,(H,23,25). The summed E-state index contributed by atoms with van der Waals surface area (Å²) in [6.45, 7) is 1.99. The molecule has 0 unspecified atom stereocenters. The summed E-state index contributed by atoms with van der Waals surface area (Å²) >= 11 is 0. The molecule has 0 aliphatic heterocycles. The van der Waals surface area contributed by atoms with Gasteiger partial charge in [-0.05, 0) is 55.0 Å². The van der Waals surface area contributed by atoms with Crippen LogP contribution in [0.3, 0.4) is 0 Å². The van der Waals surface area contributed by atoms with E-state index < -0.39 is 5.82 Å². The maximum Gasteiger partial charge on any atom is 0.255 e. The molecule has 0 radical (unpaired) electrons. The summed E-state index contributed by atoms with van der Waals surface area (Å²) in [4.78, 5) is 16.8. The predicted octanol–water partition coefficient (Wildman–Crippen LogP) is 5.19. The lowest BCUT2D eigenvalue weighted by molar-refractivity contribution is 0.102. The minimum atomic E-state index is -0.451. The van der Waals surface area contributed by atoms with Gasteiger partial charge >= 0.3 is 0 Å². The molecule has 1 N–H and O–H groups in total. The third-order valence-corrected chi connectivity index (χ3v) is 4.11. The highest BCUT2D eigenvalue weighted by molar-refractivity contribution is 6.04. The zero-order valence-corrected chi connectivity index (χ0v) is 14.0. The number of aryl methyl sites for hydroxylation is 1. The molecule has 0 atom stereocenters. The number of hydrogen-bond acceptors (Lipinski definition) is 3. The van der Waals surface area contributed by atoms with Crippen LogP contribution in [-0.4, -0.2) is 10.9 Å². The number of oxazole rings is 1. The lowest BCUT2D eigenvalue weighted by Gasteiger charge is -2.04. The van der Waals surface area contributed by atoms with Gasteiger partial charge in [0.2, 0.25) is 5.89 Å². The zero-order chi connectivity index (χ0) is 18.1. The number of benzene rings is 3. The Bertz CT molecular complexity index is 1120. The third-order valence-electron chi connectivity index (χ3n) is 4.11. The third kappa shape index (κ3) is 3.07. The van der Waals surface area contributed by atoms with Crippen LogP contribution in [0.2, 0.25) is 0 Å². The monoisotopic (exact) mass is 346 g/mol. The fourth-order valence-electron chi connectivity index (χ4n) is 2.77. The van der Waals surface area contributed by atoms with Gasteiger partial charge in [-0.3, -0.25) is 4.79 Å². The molecular weight excluding hydrogens is 331 g/mol. The first-order valence-electron chi connectivity index (χ1n) is 8.14. The summed E-state index contributed by atoms with van der Waals surface area (Å²) in [5, 5.41) is 2.75. The lowest BCUT2D eigenvalue weighted by Crippen LogP contribution is -2.11. The molecule has 0 saturated heterocycles. The number of anilines is 1. The van der Waals surface area contributed by atoms with Gasteiger partial charge < -0.3 is 9.73 Å². The molecule has 4 rings (SSSR count). The van der Waals surface area contributed by atoms with E-state index in [1.807, 2.05) is 31.2 Å². The maximum atomic E-state index is 13.3. The normalized spacial score (nSPS) is 10.8. The Kier molecular flexibility index (Phi) is 3.97. The van der Waals surface area contributed by atoms with E-state index in [2.05, 4.69) is 10.3 Å². The van der Waals surface area contributed by atoms with E-state index in [0.29, 0.717) is 22.7 Å². The van der Waals surface area contributed by atoms with Crippen LogP contribution in [0, 0.1) is 12.7 Å². The Labute approximate surface area is 149 Å². The largest absolute Gasteiger partial charge is 0.436 e. The molecule has 5 heteroatoms. The second-order valence-electron chi connectivity index (χ2n) is 5.98. The predicted molar refractivity (Wildman–Crippen MR) is 98.5 cm³/mol. The topological polar surface area (TPSA) is 55.1 Å². The van der Waals surface area contributed by atoms with Gasteiger partial charge in [-0.1, -0.05) is 24.3 Å². The molecule has 128 valence electrons. The van der Waals surface area contributed by atoms with Gasteiger partial charge in [-0.2, -0.15) is 0 Å². The SMILES string of the molecule is Cc1ccccc1-c1nc2cc(NC(=O)c3cccc(F)c3)ccc2o1. The quantitative estimate of drug-likeness (QED) is 0.555. The highest BCUT2D eigenvalue weighted by Crippen LogP contribution is 2.28. The van der Waals surface area contributed by atoms with Gasteiger partial charge in [0.1, 0.15) is 11.3 Å². The molecule has 0 fully saturated rings. The van der Waals surface area contributed by atoms with Crippen molar-refractivity contribution in [2.75, 3.05) is 5.32 Å². The Morgan fingerprint density at radius 1 is 1.04 bits per heavy atom. The maximum absolute atomic E-state index is 13.3. The molecule has 26 heavy (non-hydrogen) atoms. The van der Waals surface area contributed by atoms with Gasteiger partial charge in [0.05, 0.1) is 0 Å². The van der Waals surface area contributed by atoms with Crippen molar-refractivity contribution < 1.29 is 13.6 Å². The van der Waals surface area contributed by atoms with Crippen LogP contribution < -0.4 is 5.32 Å². The van der Waals surface area contributed by atoms with Crippen molar-refractivity contribution in [2.45, 2.75) is 6.92 Å². The van der Waals surface area contributed by atoms with Crippen LogP contribution in [0.15, 0.2) is 71.1 Å². The van der Waals surface area contributed by atoms with Crippen molar-refractivity contribution >= 4 is 22.7 Å². The van der Waals surface area contributed by atoms with Crippen LogP contribution in [0.5, 0.6) is 0 Å². The van der Waals surface area contributed by atoms with E-state index in [9.17, 15) is 9.18 Å². The van der Waals surface area contributed by atoms with Gasteiger partial charge in [-0.25, -0.2) is 9.37 Å². The number of carbonyl (C=O) groups excluding carboxylic acids is 1. The Morgan fingerprint density at radius 3 is 2.69 bits per heavy atom. The van der Waals surface area contributed by atoms with E-state index in [-0.39, 0.29) is 11.5 Å². The van der Waals surface area contributed by atoms with Crippen LogP contribution in [0.1, 0.15) is 15.9 Å². The fourth-order valence-corrected chi connectivity index (χ4v) is 2.77. The molecule has 1 aromatic heterocycles. The van der Waals surface area contributed by atoms with Gasteiger partial charge in [0, 0.05) is 16.8 Å². The number of aromatic nitrogens is 1. The second-order valence-corrected chi connectivity index (χ2v) is 5.98. The van der Waals surface area contributed by atoms with Gasteiger partial charge in [0.15, 0.2) is 5.58 Å². The average Bonchev–Trinajstić information content (AvgIpc) is 3.05. The summed E-state index contributed by atoms with van der Waals surface area (Å²) in [7, 11) is 0. The molecule has 4 aromatic rings. The smallest absolute Gasteiger partial charge is 0.255 e. The Hall–Kier alpha value is -3.47. The van der Waals surface area contributed by atoms with Crippen molar-refractivity contribution in [3.8, 4) is 11.5 Å². The summed E-state index contributed by atoms with van der Waals surface area (Å²) in [6.07, 6.45) is 0. The molecule has 4 nitrogen and oxygen atoms in total. The first-order chi connectivity index (χ1) is 12.6. The highest BCUT2D eigenvalue weighted by atomic mass is 19.1. The van der Waals surface area contributed by atoms with Crippen molar-refractivity contribution in [3.63, 3.8) is 0 Å². The molecule has 1 amide bonds. The molecule has 1 heterocycles. The summed E-state index contributed by atoms with van der Waals surface area (Å²) in [5.74, 6) is -0.300. The van der Waals surface area contributed by atoms with E-state index in [0.717, 1.165) is 11.1 Å². The number of amides is 1. The van der Waals surface area contributed by atoms with Crippen LogP contribution in [-0.2, 0) is 0 Å². The van der Waals surface area contributed by atoms with Crippen LogP contribution >= 0.6 is 0 Å². The molecule has 0 aliphatic rings. The molecule has 0 saturated carbocycles. The first-order valence-corrected chi connectivity index (χ1v) is 8.14. The average molecular weight is 346 g/mol. The molecule has 3 aromatic carbocycles. The van der Waals surface area contributed by atoms with E-state index in [1.54, 1.807) is 24.3 Å². The number of nitrogens with one attached hydrogen (secondary N) is 1. The Morgan fingerprint density at radius 2 is 1.88 bits per heavy atom.